The SMILES string of the molecule is CC1(C)OB(c2cccc3oc4ccccc4c23)OC1(C)C.Clc1nc(-c2cccc3oc4ccccc4c23)c2ccc3ccccc3c2n1.Clc1nc(Cl)c2ccc3ccccc3c2n1. The number of nitrogens with zero attached hydrogens (tertiary/aromatic N) is 4. The first-order valence-electron chi connectivity index (χ1n) is 21.5. The van der Waals surface area contributed by atoms with Gasteiger partial charge in [0.25, 0.3) is 0 Å². The molecule has 4 aromatic heterocycles. The van der Waals surface area contributed by atoms with E-state index in [1.165, 1.54) is 0 Å². The van der Waals surface area contributed by atoms with Crippen LogP contribution in [0.15, 0.2) is 167 Å². The van der Waals surface area contributed by atoms with Crippen molar-refractivity contribution in [2.45, 2.75) is 38.9 Å². The van der Waals surface area contributed by atoms with Gasteiger partial charge in [0.15, 0.2) is 0 Å². The molecule has 0 atom stereocenters. The fourth-order valence-corrected chi connectivity index (χ4v) is 9.40. The third kappa shape index (κ3) is 7.28. The van der Waals surface area contributed by atoms with Gasteiger partial charge in [-0.3, -0.25) is 0 Å². The first kappa shape index (κ1) is 42.1. The van der Waals surface area contributed by atoms with Gasteiger partial charge in [-0.1, -0.05) is 133 Å². The van der Waals surface area contributed by atoms with Crippen LogP contribution in [-0.2, 0) is 9.31 Å². The Labute approximate surface area is 394 Å². The second-order valence-corrected chi connectivity index (χ2v) is 18.2. The van der Waals surface area contributed by atoms with Crippen LogP contribution in [0.25, 0.3) is 98.5 Å². The Hall–Kier alpha value is -6.59. The van der Waals surface area contributed by atoms with Gasteiger partial charge in [0.05, 0.1) is 27.9 Å². The van der Waals surface area contributed by atoms with Crippen molar-refractivity contribution >= 4 is 135 Å². The molecular formula is C54H38BCl3N4O4. The molecule has 1 fully saturated rings. The number of fused-ring (bicyclic) bond motifs is 12. The highest BCUT2D eigenvalue weighted by Crippen LogP contribution is 2.41. The van der Waals surface area contributed by atoms with E-state index in [2.05, 4.69) is 96.2 Å². The standard InChI is InChI=1S/C24H13ClN2O.C18H19BO3.C12H6Cl2N2/c25-24-26-22-15-7-2-1-6-14(15)12-13-18(22)23(27-24)17-9-5-11-20-21(17)16-8-3-4-10-19(16)28-20;1-17(2)18(3,4)22-19(21-17)13-9-7-11-15-16(13)12-8-5-6-10-14(12)20-15;13-11-9-6-5-7-3-1-2-4-8(7)10(9)15-12(14)16-11/h1-13H;5-11H,1-4H3;1-6H. The molecule has 66 heavy (non-hydrogen) atoms. The van der Waals surface area contributed by atoms with Gasteiger partial charge in [0.2, 0.25) is 10.6 Å². The Morgan fingerprint density at radius 3 is 1.50 bits per heavy atom. The zero-order valence-electron chi connectivity index (χ0n) is 36.1. The van der Waals surface area contributed by atoms with Crippen LogP contribution in [0.5, 0.6) is 0 Å². The van der Waals surface area contributed by atoms with Crippen molar-refractivity contribution in [2.24, 2.45) is 0 Å². The highest BCUT2D eigenvalue weighted by Gasteiger charge is 2.52. The zero-order chi connectivity index (χ0) is 45.3. The molecule has 1 saturated heterocycles. The number of benzene rings is 8. The third-order valence-corrected chi connectivity index (χ3v) is 13.3. The molecule has 1 aliphatic heterocycles. The summed E-state index contributed by atoms with van der Waals surface area (Å²) in [5.74, 6) is 0. The van der Waals surface area contributed by atoms with E-state index < -0.39 is 0 Å². The molecule has 0 bridgehead atoms. The number of halogens is 3. The maximum Gasteiger partial charge on any atom is 0.495 e. The van der Waals surface area contributed by atoms with E-state index >= 15 is 0 Å². The Morgan fingerprint density at radius 2 is 0.879 bits per heavy atom. The van der Waals surface area contributed by atoms with Crippen molar-refractivity contribution in [2.75, 3.05) is 0 Å². The van der Waals surface area contributed by atoms with Gasteiger partial charge in [-0.2, -0.15) is 0 Å². The van der Waals surface area contributed by atoms with E-state index in [1.807, 2.05) is 109 Å². The first-order valence-corrected chi connectivity index (χ1v) is 22.6. The predicted octanol–water partition coefficient (Wildman–Crippen LogP) is 15.0. The lowest BCUT2D eigenvalue weighted by Gasteiger charge is -2.32. The molecule has 13 rings (SSSR count). The molecular weight excluding hydrogens is 886 g/mol. The van der Waals surface area contributed by atoms with Crippen LogP contribution in [0.3, 0.4) is 0 Å². The summed E-state index contributed by atoms with van der Waals surface area (Å²) in [5, 5.41) is 11.2. The summed E-state index contributed by atoms with van der Waals surface area (Å²) in [4.78, 5) is 17.3. The molecule has 5 heterocycles. The minimum Gasteiger partial charge on any atom is -0.456 e. The van der Waals surface area contributed by atoms with Crippen LogP contribution in [0, 0.1) is 0 Å². The first-order chi connectivity index (χ1) is 31.9. The number of hydrogen-bond donors (Lipinski definition) is 0. The van der Waals surface area contributed by atoms with Crippen LogP contribution in [-0.4, -0.2) is 38.3 Å². The molecule has 0 aliphatic carbocycles. The lowest BCUT2D eigenvalue weighted by Crippen LogP contribution is -2.41. The normalized spacial score (nSPS) is 14.4. The predicted molar refractivity (Wildman–Crippen MR) is 271 cm³/mol. The van der Waals surface area contributed by atoms with Crippen LogP contribution >= 0.6 is 34.8 Å². The van der Waals surface area contributed by atoms with Crippen LogP contribution < -0.4 is 5.46 Å². The highest BCUT2D eigenvalue weighted by molar-refractivity contribution is 6.66. The molecule has 12 aromatic rings. The van der Waals surface area contributed by atoms with Gasteiger partial charge in [-0.25, -0.2) is 19.9 Å². The number of rotatable bonds is 2. The minimum absolute atomic E-state index is 0.175. The number of para-hydroxylation sites is 2. The molecule has 0 radical (unpaired) electrons. The maximum absolute atomic E-state index is 6.37. The van der Waals surface area contributed by atoms with Gasteiger partial charge in [-0.15, -0.1) is 0 Å². The van der Waals surface area contributed by atoms with Crippen LogP contribution in [0.1, 0.15) is 27.7 Å². The van der Waals surface area contributed by atoms with Crippen molar-refractivity contribution in [1.82, 2.24) is 19.9 Å². The zero-order valence-corrected chi connectivity index (χ0v) is 38.4. The van der Waals surface area contributed by atoms with Crippen LogP contribution in [0.2, 0.25) is 15.7 Å². The van der Waals surface area contributed by atoms with Crippen LogP contribution in [0.4, 0.5) is 0 Å². The monoisotopic (exact) mass is 922 g/mol. The molecule has 0 unspecified atom stereocenters. The van der Waals surface area contributed by atoms with E-state index in [1.54, 1.807) is 0 Å². The molecule has 8 aromatic carbocycles. The van der Waals surface area contributed by atoms with Crippen molar-refractivity contribution in [3.8, 4) is 11.3 Å². The second kappa shape index (κ2) is 16.4. The lowest BCUT2D eigenvalue weighted by atomic mass is 9.76. The summed E-state index contributed by atoms with van der Waals surface area (Å²) in [6, 6.07) is 52.5. The second-order valence-electron chi connectivity index (χ2n) is 17.2. The van der Waals surface area contributed by atoms with Crippen molar-refractivity contribution in [1.29, 1.82) is 0 Å². The molecule has 0 N–H and O–H groups in total. The van der Waals surface area contributed by atoms with Gasteiger partial charge < -0.3 is 18.1 Å². The highest BCUT2D eigenvalue weighted by atomic mass is 35.5. The molecule has 0 amide bonds. The summed E-state index contributed by atoms with van der Waals surface area (Å²) in [6.45, 7) is 8.28. The quantitative estimate of drug-likeness (QED) is 0.0732. The smallest absolute Gasteiger partial charge is 0.456 e. The van der Waals surface area contributed by atoms with Gasteiger partial charge in [0, 0.05) is 48.7 Å². The Kier molecular flexibility index (Phi) is 10.4. The molecule has 322 valence electrons. The number of aromatic nitrogens is 4. The summed E-state index contributed by atoms with van der Waals surface area (Å²) in [6.07, 6.45) is 0. The Bertz CT molecular complexity index is 3860. The molecule has 0 spiro atoms. The van der Waals surface area contributed by atoms with E-state index in [9.17, 15) is 0 Å². The largest absolute Gasteiger partial charge is 0.495 e. The molecule has 1 aliphatic rings. The minimum atomic E-state index is -0.380. The Morgan fingerprint density at radius 1 is 0.409 bits per heavy atom. The van der Waals surface area contributed by atoms with Crippen molar-refractivity contribution < 1.29 is 18.1 Å². The third-order valence-electron chi connectivity index (χ3n) is 12.7. The fourth-order valence-electron chi connectivity index (χ4n) is 8.78. The van der Waals surface area contributed by atoms with E-state index in [0.717, 1.165) is 104 Å². The van der Waals surface area contributed by atoms with Crippen molar-refractivity contribution in [3.05, 3.63) is 173 Å². The van der Waals surface area contributed by atoms with E-state index in [-0.39, 0.29) is 28.9 Å². The summed E-state index contributed by atoms with van der Waals surface area (Å²) in [5.41, 5.74) is 7.25. The van der Waals surface area contributed by atoms with Gasteiger partial charge in [0.1, 0.15) is 27.5 Å². The average molecular weight is 924 g/mol. The van der Waals surface area contributed by atoms with E-state index in [4.69, 9.17) is 52.9 Å². The summed E-state index contributed by atoms with van der Waals surface area (Å²) >= 11 is 18.2. The summed E-state index contributed by atoms with van der Waals surface area (Å²) < 4.78 is 24.4. The van der Waals surface area contributed by atoms with Gasteiger partial charge >= 0.3 is 7.12 Å². The Balaban J connectivity index is 0.000000114. The fraction of sp³-hybridized carbons (Fsp3) is 0.111. The molecule has 0 saturated carbocycles. The lowest BCUT2D eigenvalue weighted by molar-refractivity contribution is 0.00578. The maximum atomic E-state index is 6.37. The summed E-state index contributed by atoms with van der Waals surface area (Å²) in [7, 11) is -0.380. The molecule has 8 nitrogen and oxygen atoms in total. The molecule has 12 heteroatoms. The van der Waals surface area contributed by atoms with Crippen molar-refractivity contribution in [3.63, 3.8) is 0 Å². The number of furan rings is 2. The number of hydrogen-bond acceptors (Lipinski definition) is 8. The van der Waals surface area contributed by atoms with Gasteiger partial charge in [-0.05, 0) is 104 Å². The van der Waals surface area contributed by atoms with E-state index in [0.29, 0.717) is 5.15 Å². The average Bonchev–Trinajstić information content (AvgIpc) is 3.96. The topological polar surface area (TPSA) is 96.3 Å².